The zero-order valence-corrected chi connectivity index (χ0v) is 15.3. The van der Waals surface area contributed by atoms with Crippen molar-refractivity contribution in [2.75, 3.05) is 17.2 Å². The number of anilines is 1. The lowest BCUT2D eigenvalue weighted by molar-refractivity contribution is -0.387. The van der Waals surface area contributed by atoms with Crippen molar-refractivity contribution in [2.45, 2.75) is 18.7 Å². The quantitative estimate of drug-likeness (QED) is 0.456. The first-order chi connectivity index (χ1) is 12.3. The summed E-state index contributed by atoms with van der Waals surface area (Å²) in [5.41, 5.74) is 6.78. The Morgan fingerprint density at radius 3 is 2.50 bits per heavy atom. The van der Waals surface area contributed by atoms with Gasteiger partial charge in [0, 0.05) is 23.9 Å². The van der Waals surface area contributed by atoms with Gasteiger partial charge in [0.25, 0.3) is 5.69 Å². The monoisotopic (exact) mass is 373 g/mol. The average Bonchev–Trinajstić information content (AvgIpc) is 2.61. The van der Waals surface area contributed by atoms with E-state index in [-0.39, 0.29) is 22.9 Å². The first kappa shape index (κ1) is 19.5. The molecule has 0 heterocycles. The summed E-state index contributed by atoms with van der Waals surface area (Å²) in [6.45, 7) is 4.29. The van der Waals surface area contributed by atoms with Gasteiger partial charge in [-0.3, -0.25) is 19.7 Å². The van der Waals surface area contributed by atoms with E-state index in [2.05, 4.69) is 0 Å². The van der Waals surface area contributed by atoms with Crippen LogP contribution in [0.2, 0.25) is 0 Å². The Labute approximate surface area is 155 Å². The van der Waals surface area contributed by atoms with Crippen LogP contribution in [0.4, 0.5) is 11.4 Å². The molecule has 2 aromatic rings. The fourth-order valence-electron chi connectivity index (χ4n) is 2.50. The number of carbonyl (C=O) groups is 2. The third-order valence-corrected chi connectivity index (χ3v) is 4.86. The van der Waals surface area contributed by atoms with Crippen molar-refractivity contribution in [1.29, 1.82) is 0 Å². The van der Waals surface area contributed by atoms with Gasteiger partial charge >= 0.3 is 0 Å². The maximum Gasteiger partial charge on any atom is 0.283 e. The molecule has 0 saturated heterocycles. The standard InChI is InChI=1S/C18H19N3O4S/c1-3-20(14-7-5-4-6-12(14)2)17(22)11-26-16-9-8-13(18(19)23)10-15(16)21(24)25/h4-10H,3,11H2,1-2H3,(H2,19,23). The summed E-state index contributed by atoms with van der Waals surface area (Å²) in [5, 5.41) is 11.2. The Bertz CT molecular complexity index is 854. The molecule has 2 N–H and O–H groups in total. The minimum Gasteiger partial charge on any atom is -0.366 e. The van der Waals surface area contributed by atoms with Gasteiger partial charge in [-0.1, -0.05) is 18.2 Å². The highest BCUT2D eigenvalue weighted by atomic mass is 32.2. The summed E-state index contributed by atoms with van der Waals surface area (Å²) in [5.74, 6) is -0.851. The number of benzene rings is 2. The third kappa shape index (κ3) is 4.40. The molecule has 2 amide bonds. The highest BCUT2D eigenvalue weighted by molar-refractivity contribution is 8.00. The molecule has 0 aliphatic heterocycles. The summed E-state index contributed by atoms with van der Waals surface area (Å²) in [6.07, 6.45) is 0. The Hall–Kier alpha value is -2.87. The molecule has 8 heteroatoms. The Balaban J connectivity index is 2.19. The van der Waals surface area contributed by atoms with E-state index >= 15 is 0 Å². The SMILES string of the molecule is CCN(C(=O)CSc1ccc(C(N)=O)cc1[N+](=O)[O-])c1ccccc1C. The van der Waals surface area contributed by atoms with Gasteiger partial charge in [0.2, 0.25) is 11.8 Å². The molecule has 0 aliphatic rings. The van der Waals surface area contributed by atoms with Gasteiger partial charge in [-0.25, -0.2) is 0 Å². The molecule has 0 aromatic heterocycles. The molecule has 0 bridgehead atoms. The van der Waals surface area contributed by atoms with Crippen LogP contribution in [-0.2, 0) is 4.79 Å². The van der Waals surface area contributed by atoms with Gasteiger partial charge in [-0.05, 0) is 37.6 Å². The predicted molar refractivity (Wildman–Crippen MR) is 102 cm³/mol. The number of nitrogens with zero attached hydrogens (tertiary/aromatic N) is 2. The molecular formula is C18H19N3O4S. The van der Waals surface area contributed by atoms with Crippen LogP contribution in [0.25, 0.3) is 0 Å². The second-order valence-electron chi connectivity index (χ2n) is 5.52. The maximum atomic E-state index is 12.6. The van der Waals surface area contributed by atoms with Gasteiger partial charge in [0.15, 0.2) is 0 Å². The number of carbonyl (C=O) groups excluding carboxylic acids is 2. The van der Waals surface area contributed by atoms with Crippen molar-refractivity contribution in [3.63, 3.8) is 0 Å². The molecule has 2 aromatic carbocycles. The lowest BCUT2D eigenvalue weighted by atomic mass is 10.2. The van der Waals surface area contributed by atoms with Crippen molar-refractivity contribution in [3.8, 4) is 0 Å². The minimum absolute atomic E-state index is 0.0406. The first-order valence-electron chi connectivity index (χ1n) is 7.92. The summed E-state index contributed by atoms with van der Waals surface area (Å²) >= 11 is 1.06. The zero-order valence-electron chi connectivity index (χ0n) is 14.5. The number of nitro groups is 1. The number of hydrogen-bond donors (Lipinski definition) is 1. The molecule has 7 nitrogen and oxygen atoms in total. The molecular weight excluding hydrogens is 354 g/mol. The van der Waals surface area contributed by atoms with Gasteiger partial charge in [-0.2, -0.15) is 0 Å². The van der Waals surface area contributed by atoms with Gasteiger partial charge in [0.1, 0.15) is 0 Å². The van der Waals surface area contributed by atoms with Crippen LogP contribution < -0.4 is 10.6 Å². The lowest BCUT2D eigenvalue weighted by Crippen LogP contribution is -2.32. The van der Waals surface area contributed by atoms with Crippen LogP contribution in [0.15, 0.2) is 47.4 Å². The smallest absolute Gasteiger partial charge is 0.283 e. The lowest BCUT2D eigenvalue weighted by Gasteiger charge is -2.22. The highest BCUT2D eigenvalue weighted by Crippen LogP contribution is 2.31. The summed E-state index contributed by atoms with van der Waals surface area (Å²) in [7, 11) is 0. The van der Waals surface area contributed by atoms with Crippen LogP contribution in [0, 0.1) is 17.0 Å². The van der Waals surface area contributed by atoms with Crippen molar-refractivity contribution in [1.82, 2.24) is 0 Å². The number of rotatable bonds is 7. The summed E-state index contributed by atoms with van der Waals surface area (Å²) in [4.78, 5) is 36.4. The molecule has 0 atom stereocenters. The zero-order chi connectivity index (χ0) is 19.3. The van der Waals surface area contributed by atoms with Crippen molar-refractivity contribution >= 4 is 35.0 Å². The molecule has 136 valence electrons. The highest BCUT2D eigenvalue weighted by Gasteiger charge is 2.20. The van der Waals surface area contributed by atoms with E-state index in [9.17, 15) is 19.7 Å². The van der Waals surface area contributed by atoms with Crippen molar-refractivity contribution < 1.29 is 14.5 Å². The number of nitrogens with two attached hydrogens (primary N) is 1. The Morgan fingerprint density at radius 1 is 1.23 bits per heavy atom. The Kier molecular flexibility index (Phi) is 6.35. The fourth-order valence-corrected chi connectivity index (χ4v) is 3.38. The van der Waals surface area contributed by atoms with Crippen LogP contribution in [0.5, 0.6) is 0 Å². The number of primary amides is 1. The van der Waals surface area contributed by atoms with E-state index in [1.165, 1.54) is 12.1 Å². The molecule has 0 saturated carbocycles. The fraction of sp³-hybridized carbons (Fsp3) is 0.222. The van der Waals surface area contributed by atoms with E-state index in [0.717, 1.165) is 29.1 Å². The van der Waals surface area contributed by atoms with E-state index in [0.29, 0.717) is 11.4 Å². The van der Waals surface area contributed by atoms with E-state index in [1.54, 1.807) is 4.90 Å². The number of nitro benzene ring substituents is 1. The topological polar surface area (TPSA) is 107 Å². The van der Waals surface area contributed by atoms with Gasteiger partial charge in [-0.15, -0.1) is 11.8 Å². The first-order valence-corrected chi connectivity index (χ1v) is 8.90. The molecule has 26 heavy (non-hydrogen) atoms. The Morgan fingerprint density at radius 2 is 1.92 bits per heavy atom. The summed E-state index contributed by atoms with van der Waals surface area (Å²) < 4.78 is 0. The van der Waals surface area contributed by atoms with E-state index < -0.39 is 10.8 Å². The van der Waals surface area contributed by atoms with Crippen molar-refractivity contribution in [2.24, 2.45) is 5.73 Å². The molecule has 0 unspecified atom stereocenters. The minimum atomic E-state index is -0.738. The van der Waals surface area contributed by atoms with E-state index in [1.807, 2.05) is 38.1 Å². The normalized spacial score (nSPS) is 10.4. The number of hydrogen-bond acceptors (Lipinski definition) is 5. The molecule has 0 aliphatic carbocycles. The van der Waals surface area contributed by atoms with E-state index in [4.69, 9.17) is 5.73 Å². The second-order valence-corrected chi connectivity index (χ2v) is 6.53. The molecule has 0 fully saturated rings. The van der Waals surface area contributed by atoms with Gasteiger partial charge < -0.3 is 10.6 Å². The number of thioether (sulfide) groups is 1. The molecule has 2 rings (SSSR count). The molecule has 0 spiro atoms. The van der Waals surface area contributed by atoms with Crippen LogP contribution in [-0.4, -0.2) is 29.0 Å². The van der Waals surface area contributed by atoms with Crippen LogP contribution in [0.3, 0.4) is 0 Å². The number of para-hydroxylation sites is 1. The van der Waals surface area contributed by atoms with Gasteiger partial charge in [0.05, 0.1) is 15.6 Å². The number of aryl methyl sites for hydroxylation is 1. The third-order valence-electron chi connectivity index (χ3n) is 3.81. The van der Waals surface area contributed by atoms with Crippen LogP contribution in [0.1, 0.15) is 22.8 Å². The largest absolute Gasteiger partial charge is 0.366 e. The second kappa shape index (κ2) is 8.48. The van der Waals surface area contributed by atoms with Crippen molar-refractivity contribution in [3.05, 3.63) is 63.7 Å². The molecule has 0 radical (unpaired) electrons. The predicted octanol–water partition coefficient (Wildman–Crippen LogP) is 3.15. The summed E-state index contributed by atoms with van der Waals surface area (Å²) in [6, 6.07) is 11.5. The maximum absolute atomic E-state index is 12.6. The van der Waals surface area contributed by atoms with Crippen LogP contribution >= 0.6 is 11.8 Å². The number of amides is 2. The average molecular weight is 373 g/mol.